The van der Waals surface area contributed by atoms with Crippen molar-refractivity contribution in [2.45, 2.75) is 31.7 Å². The minimum atomic E-state index is -0.683. The molecule has 2 aromatic rings. The van der Waals surface area contributed by atoms with Crippen LogP contribution in [0.4, 0.5) is 0 Å². The minimum Gasteiger partial charge on any atom is -0.481 e. The van der Waals surface area contributed by atoms with Crippen molar-refractivity contribution in [3.63, 3.8) is 0 Å². The zero-order valence-electron chi connectivity index (χ0n) is 12.2. The van der Waals surface area contributed by atoms with Crippen LogP contribution in [0.3, 0.4) is 0 Å². The van der Waals surface area contributed by atoms with Crippen molar-refractivity contribution in [1.29, 1.82) is 0 Å². The smallest absolute Gasteiger partial charge is 0.306 e. The van der Waals surface area contributed by atoms with Crippen LogP contribution in [-0.2, 0) is 16.1 Å². The third-order valence-corrected chi connectivity index (χ3v) is 4.35. The normalized spacial score (nSPS) is 22.0. The van der Waals surface area contributed by atoms with Crippen LogP contribution < -0.4 is 0 Å². The Labute approximate surface area is 123 Å². The monoisotopic (exact) mass is 288 g/mol. The minimum absolute atomic E-state index is 0.231. The number of carbonyl (C=O) groups is 1. The number of aromatic nitrogens is 2. The molecule has 3 rings (SSSR count). The van der Waals surface area contributed by atoms with Crippen LogP contribution >= 0.6 is 0 Å². The lowest BCUT2D eigenvalue weighted by Gasteiger charge is -2.13. The lowest BCUT2D eigenvalue weighted by atomic mass is 10.0. The number of nitrogens with zero attached hydrogens (tertiary/aromatic N) is 2. The van der Waals surface area contributed by atoms with Gasteiger partial charge in [0.15, 0.2) is 0 Å². The summed E-state index contributed by atoms with van der Waals surface area (Å²) in [6.45, 7) is 1.38. The molecule has 0 aliphatic heterocycles. The average Bonchev–Trinajstić information content (AvgIpc) is 3.09. The fraction of sp³-hybridized carbons (Fsp3) is 0.500. The number of imidazole rings is 1. The van der Waals surface area contributed by atoms with Crippen molar-refractivity contribution in [3.8, 4) is 0 Å². The summed E-state index contributed by atoms with van der Waals surface area (Å²) >= 11 is 0. The second-order valence-corrected chi connectivity index (χ2v) is 5.65. The lowest BCUT2D eigenvalue weighted by molar-refractivity contribution is -0.141. The molecule has 5 heteroatoms. The van der Waals surface area contributed by atoms with E-state index in [1.54, 1.807) is 7.11 Å². The molecule has 1 heterocycles. The van der Waals surface area contributed by atoms with Crippen molar-refractivity contribution in [3.05, 3.63) is 30.1 Å². The summed E-state index contributed by atoms with van der Waals surface area (Å²) in [5, 5.41) is 9.18. The van der Waals surface area contributed by atoms with Crippen LogP contribution in [0, 0.1) is 5.92 Å². The molecule has 0 spiro atoms. The first kappa shape index (κ1) is 14.1. The van der Waals surface area contributed by atoms with E-state index in [2.05, 4.69) is 10.6 Å². The maximum Gasteiger partial charge on any atom is 0.306 e. The van der Waals surface area contributed by atoms with Crippen LogP contribution in [0.2, 0.25) is 0 Å². The molecule has 1 fully saturated rings. The summed E-state index contributed by atoms with van der Waals surface area (Å²) < 4.78 is 7.39. The number of para-hydroxylation sites is 2. The van der Waals surface area contributed by atoms with E-state index in [4.69, 9.17) is 9.72 Å². The third-order valence-electron chi connectivity index (χ3n) is 4.35. The number of benzene rings is 1. The third kappa shape index (κ3) is 2.65. The van der Waals surface area contributed by atoms with Gasteiger partial charge in [0.1, 0.15) is 5.82 Å². The van der Waals surface area contributed by atoms with Gasteiger partial charge in [0.25, 0.3) is 0 Å². The predicted molar refractivity (Wildman–Crippen MR) is 79.3 cm³/mol. The number of hydrogen-bond acceptors (Lipinski definition) is 3. The Kier molecular flexibility index (Phi) is 3.92. The number of rotatable bonds is 5. The van der Waals surface area contributed by atoms with Gasteiger partial charge in [-0.1, -0.05) is 12.1 Å². The number of methoxy groups -OCH3 is 1. The summed E-state index contributed by atoms with van der Waals surface area (Å²) in [7, 11) is 1.69. The fourth-order valence-corrected chi connectivity index (χ4v) is 3.26. The van der Waals surface area contributed by atoms with E-state index < -0.39 is 5.97 Å². The molecule has 1 aliphatic rings. The summed E-state index contributed by atoms with van der Waals surface area (Å²) in [5.74, 6) is 0.329. The Morgan fingerprint density at radius 1 is 1.43 bits per heavy atom. The SMILES string of the molecule is COCCn1c(C2CCC(C(=O)O)C2)nc2ccccc21. The number of aliphatic carboxylic acids is 1. The molecular weight excluding hydrogens is 268 g/mol. The molecular formula is C16H20N2O3. The van der Waals surface area contributed by atoms with Crippen molar-refractivity contribution >= 4 is 17.0 Å². The predicted octanol–water partition coefficient (Wildman–Crippen LogP) is 2.65. The lowest BCUT2D eigenvalue weighted by Crippen LogP contribution is -2.13. The van der Waals surface area contributed by atoms with Gasteiger partial charge < -0.3 is 14.4 Å². The van der Waals surface area contributed by atoms with Crippen molar-refractivity contribution in [1.82, 2.24) is 9.55 Å². The fourth-order valence-electron chi connectivity index (χ4n) is 3.26. The molecule has 1 saturated carbocycles. The Morgan fingerprint density at radius 3 is 2.95 bits per heavy atom. The first-order chi connectivity index (χ1) is 10.2. The van der Waals surface area contributed by atoms with E-state index in [1.807, 2.05) is 18.2 Å². The van der Waals surface area contributed by atoms with Crippen LogP contribution in [0.15, 0.2) is 24.3 Å². The number of carboxylic acid groups (broad SMARTS) is 1. The zero-order chi connectivity index (χ0) is 14.8. The first-order valence-electron chi connectivity index (χ1n) is 7.37. The molecule has 1 aliphatic carbocycles. The second-order valence-electron chi connectivity index (χ2n) is 5.65. The maximum atomic E-state index is 11.2. The highest BCUT2D eigenvalue weighted by Crippen LogP contribution is 2.39. The van der Waals surface area contributed by atoms with Gasteiger partial charge in [-0.3, -0.25) is 4.79 Å². The quantitative estimate of drug-likeness (QED) is 0.918. The van der Waals surface area contributed by atoms with Crippen molar-refractivity contribution in [2.75, 3.05) is 13.7 Å². The summed E-state index contributed by atoms with van der Waals surface area (Å²) in [4.78, 5) is 15.9. The van der Waals surface area contributed by atoms with Gasteiger partial charge in [-0.15, -0.1) is 0 Å². The highest BCUT2D eigenvalue weighted by Gasteiger charge is 2.33. The van der Waals surface area contributed by atoms with Gasteiger partial charge in [-0.25, -0.2) is 4.98 Å². The molecule has 0 amide bonds. The number of hydrogen-bond donors (Lipinski definition) is 1. The van der Waals surface area contributed by atoms with Gasteiger partial charge in [-0.05, 0) is 31.4 Å². The summed E-state index contributed by atoms with van der Waals surface area (Å²) in [6.07, 6.45) is 2.33. The molecule has 1 aromatic carbocycles. The largest absolute Gasteiger partial charge is 0.481 e. The van der Waals surface area contributed by atoms with Crippen molar-refractivity contribution in [2.24, 2.45) is 5.92 Å². The number of ether oxygens (including phenoxy) is 1. The molecule has 5 nitrogen and oxygen atoms in total. The summed E-state index contributed by atoms with van der Waals surface area (Å²) in [6, 6.07) is 8.05. The van der Waals surface area contributed by atoms with Gasteiger partial charge in [0, 0.05) is 19.6 Å². The molecule has 2 unspecified atom stereocenters. The molecule has 1 N–H and O–H groups in total. The topological polar surface area (TPSA) is 64.3 Å². The van der Waals surface area contributed by atoms with E-state index >= 15 is 0 Å². The highest BCUT2D eigenvalue weighted by molar-refractivity contribution is 5.76. The van der Waals surface area contributed by atoms with Gasteiger partial charge in [0.05, 0.1) is 23.6 Å². The molecule has 21 heavy (non-hydrogen) atoms. The maximum absolute atomic E-state index is 11.2. The van der Waals surface area contributed by atoms with E-state index in [-0.39, 0.29) is 11.8 Å². The Bertz CT molecular complexity index is 650. The number of fused-ring (bicyclic) bond motifs is 1. The molecule has 0 saturated heterocycles. The van der Waals surface area contributed by atoms with E-state index in [1.165, 1.54) is 0 Å². The van der Waals surface area contributed by atoms with Gasteiger partial charge >= 0.3 is 5.97 Å². The second kappa shape index (κ2) is 5.85. The highest BCUT2D eigenvalue weighted by atomic mass is 16.5. The number of carboxylic acids is 1. The van der Waals surface area contributed by atoms with Gasteiger partial charge in [0.2, 0.25) is 0 Å². The Morgan fingerprint density at radius 2 is 2.24 bits per heavy atom. The van der Waals surface area contributed by atoms with Crippen LogP contribution in [0.25, 0.3) is 11.0 Å². The van der Waals surface area contributed by atoms with Crippen LogP contribution in [0.5, 0.6) is 0 Å². The first-order valence-corrected chi connectivity index (χ1v) is 7.37. The average molecular weight is 288 g/mol. The van der Waals surface area contributed by atoms with E-state index in [0.29, 0.717) is 13.0 Å². The molecule has 2 atom stereocenters. The van der Waals surface area contributed by atoms with E-state index in [0.717, 1.165) is 36.2 Å². The molecule has 0 radical (unpaired) electrons. The summed E-state index contributed by atoms with van der Waals surface area (Å²) in [5.41, 5.74) is 2.07. The van der Waals surface area contributed by atoms with Crippen LogP contribution in [-0.4, -0.2) is 34.3 Å². The molecule has 1 aromatic heterocycles. The Balaban J connectivity index is 1.95. The Hall–Kier alpha value is -1.88. The molecule has 112 valence electrons. The van der Waals surface area contributed by atoms with Crippen molar-refractivity contribution < 1.29 is 14.6 Å². The van der Waals surface area contributed by atoms with E-state index in [9.17, 15) is 9.90 Å². The van der Waals surface area contributed by atoms with Crippen LogP contribution in [0.1, 0.15) is 31.0 Å². The zero-order valence-corrected chi connectivity index (χ0v) is 12.2. The standard InChI is InChI=1S/C16H20N2O3/c1-21-9-8-18-14-5-3-2-4-13(14)17-15(18)11-6-7-12(10-11)16(19)20/h2-5,11-12H,6-10H2,1H3,(H,19,20). The molecule has 0 bridgehead atoms. The van der Waals surface area contributed by atoms with Gasteiger partial charge in [-0.2, -0.15) is 0 Å².